The van der Waals surface area contributed by atoms with Gasteiger partial charge in [0.1, 0.15) is 0 Å². The van der Waals surface area contributed by atoms with E-state index in [1.165, 1.54) is 0 Å². The SMILES string of the molecule is C1CNCCNCCOCCNCCNCCN1. The molecule has 0 aromatic rings. The van der Waals surface area contributed by atoms with Crippen LogP contribution in [0.2, 0.25) is 0 Å². The van der Waals surface area contributed by atoms with Crippen LogP contribution in [-0.2, 0) is 4.74 Å². The van der Waals surface area contributed by atoms with Crippen molar-refractivity contribution in [3.8, 4) is 0 Å². The molecule has 18 heavy (non-hydrogen) atoms. The Bertz CT molecular complexity index is 95.5. The highest BCUT2D eigenvalue weighted by Crippen LogP contribution is 1.73. The zero-order valence-corrected chi connectivity index (χ0v) is 11.4. The Morgan fingerprint density at radius 1 is 0.389 bits per heavy atom. The first-order valence-electron chi connectivity index (χ1n) is 7.11. The summed E-state index contributed by atoms with van der Waals surface area (Å²) in [6, 6.07) is 0. The van der Waals surface area contributed by atoms with Crippen molar-refractivity contribution in [3.05, 3.63) is 0 Å². The van der Waals surface area contributed by atoms with Gasteiger partial charge < -0.3 is 31.3 Å². The van der Waals surface area contributed by atoms with E-state index in [0.717, 1.165) is 78.7 Å². The molecule has 1 aliphatic rings. The van der Waals surface area contributed by atoms with Crippen molar-refractivity contribution in [3.63, 3.8) is 0 Å². The van der Waals surface area contributed by atoms with Gasteiger partial charge >= 0.3 is 0 Å². The van der Waals surface area contributed by atoms with Crippen LogP contribution in [0.15, 0.2) is 0 Å². The summed E-state index contributed by atoms with van der Waals surface area (Å²) in [6.07, 6.45) is 0. The van der Waals surface area contributed by atoms with E-state index < -0.39 is 0 Å². The highest BCUT2D eigenvalue weighted by Gasteiger charge is 1.93. The lowest BCUT2D eigenvalue weighted by Gasteiger charge is -2.10. The van der Waals surface area contributed by atoms with Crippen LogP contribution in [-0.4, -0.2) is 78.7 Å². The average molecular weight is 259 g/mol. The Balaban J connectivity index is 2.00. The maximum atomic E-state index is 5.50. The highest BCUT2D eigenvalue weighted by molar-refractivity contribution is 4.58. The van der Waals surface area contributed by atoms with Crippen LogP contribution in [0, 0.1) is 0 Å². The van der Waals surface area contributed by atoms with Crippen molar-refractivity contribution in [1.29, 1.82) is 0 Å². The molecule has 108 valence electrons. The summed E-state index contributed by atoms with van der Waals surface area (Å²) in [5.74, 6) is 0. The third-order valence-corrected chi connectivity index (χ3v) is 2.76. The summed E-state index contributed by atoms with van der Waals surface area (Å²) in [5.41, 5.74) is 0. The second-order valence-electron chi connectivity index (χ2n) is 4.36. The van der Waals surface area contributed by atoms with Gasteiger partial charge in [0.2, 0.25) is 0 Å². The standard InChI is InChI=1S/C12H29N5O/c1-3-14-5-7-16-9-11-18-12-10-17-8-6-15-4-2-13-1/h13-17H,1-12H2. The van der Waals surface area contributed by atoms with E-state index in [4.69, 9.17) is 4.74 Å². The average Bonchev–Trinajstić information content (AvgIpc) is 2.39. The van der Waals surface area contributed by atoms with Crippen LogP contribution in [0.25, 0.3) is 0 Å². The summed E-state index contributed by atoms with van der Waals surface area (Å²) in [6.45, 7) is 11.6. The summed E-state index contributed by atoms with van der Waals surface area (Å²) < 4.78 is 5.50. The first-order valence-corrected chi connectivity index (χ1v) is 7.11. The Morgan fingerprint density at radius 3 is 1.00 bits per heavy atom. The second-order valence-corrected chi connectivity index (χ2v) is 4.36. The summed E-state index contributed by atoms with van der Waals surface area (Å²) >= 11 is 0. The van der Waals surface area contributed by atoms with E-state index in [1.807, 2.05) is 0 Å². The maximum Gasteiger partial charge on any atom is 0.0591 e. The van der Waals surface area contributed by atoms with Crippen LogP contribution >= 0.6 is 0 Å². The molecule has 0 radical (unpaired) electrons. The minimum Gasteiger partial charge on any atom is -0.379 e. The number of hydrogen-bond acceptors (Lipinski definition) is 6. The zero-order chi connectivity index (χ0) is 12.7. The van der Waals surface area contributed by atoms with E-state index >= 15 is 0 Å². The molecule has 0 spiro atoms. The molecule has 1 saturated heterocycles. The molecular weight excluding hydrogens is 230 g/mol. The molecule has 0 aliphatic carbocycles. The molecular formula is C12H29N5O. The summed E-state index contributed by atoms with van der Waals surface area (Å²) in [5, 5.41) is 16.9. The monoisotopic (exact) mass is 259 g/mol. The lowest BCUT2D eigenvalue weighted by Crippen LogP contribution is -2.37. The van der Waals surface area contributed by atoms with Gasteiger partial charge in [-0.2, -0.15) is 0 Å². The zero-order valence-electron chi connectivity index (χ0n) is 11.4. The van der Waals surface area contributed by atoms with Crippen molar-refractivity contribution in [2.75, 3.05) is 78.7 Å². The molecule has 1 fully saturated rings. The normalized spacial score (nSPS) is 24.0. The number of rotatable bonds is 0. The number of hydrogen-bond donors (Lipinski definition) is 5. The number of ether oxygens (including phenoxy) is 1. The molecule has 0 atom stereocenters. The van der Waals surface area contributed by atoms with Gasteiger partial charge in [-0.05, 0) is 0 Å². The Labute approximate surface area is 111 Å². The summed E-state index contributed by atoms with van der Waals surface area (Å²) in [4.78, 5) is 0. The lowest BCUT2D eigenvalue weighted by molar-refractivity contribution is 0.138. The van der Waals surface area contributed by atoms with E-state index in [0.29, 0.717) is 0 Å². The van der Waals surface area contributed by atoms with Crippen molar-refractivity contribution < 1.29 is 4.74 Å². The van der Waals surface area contributed by atoms with Crippen molar-refractivity contribution in [1.82, 2.24) is 26.6 Å². The Morgan fingerprint density at radius 2 is 0.667 bits per heavy atom. The van der Waals surface area contributed by atoms with E-state index in [9.17, 15) is 0 Å². The van der Waals surface area contributed by atoms with Crippen molar-refractivity contribution >= 4 is 0 Å². The highest BCUT2D eigenvalue weighted by atomic mass is 16.5. The maximum absolute atomic E-state index is 5.50. The molecule has 0 aromatic carbocycles. The molecule has 0 aromatic heterocycles. The fraction of sp³-hybridized carbons (Fsp3) is 1.00. The molecule has 0 amide bonds. The van der Waals surface area contributed by atoms with E-state index in [2.05, 4.69) is 26.6 Å². The molecule has 5 N–H and O–H groups in total. The van der Waals surface area contributed by atoms with Gasteiger partial charge in [0, 0.05) is 65.4 Å². The van der Waals surface area contributed by atoms with Gasteiger partial charge in [-0.15, -0.1) is 0 Å². The fourth-order valence-electron chi connectivity index (χ4n) is 1.72. The Kier molecular flexibility index (Phi) is 11.6. The molecule has 1 heterocycles. The molecule has 0 unspecified atom stereocenters. The quantitative estimate of drug-likeness (QED) is 0.346. The third kappa shape index (κ3) is 10.9. The van der Waals surface area contributed by atoms with Crippen LogP contribution in [0.3, 0.4) is 0 Å². The van der Waals surface area contributed by atoms with Crippen molar-refractivity contribution in [2.24, 2.45) is 0 Å². The third-order valence-electron chi connectivity index (χ3n) is 2.76. The van der Waals surface area contributed by atoms with Crippen LogP contribution in [0.1, 0.15) is 0 Å². The number of nitrogens with one attached hydrogen (secondary N) is 5. The summed E-state index contributed by atoms with van der Waals surface area (Å²) in [7, 11) is 0. The van der Waals surface area contributed by atoms with Gasteiger partial charge in [-0.25, -0.2) is 0 Å². The van der Waals surface area contributed by atoms with Gasteiger partial charge in [0.05, 0.1) is 13.2 Å². The van der Waals surface area contributed by atoms with Crippen LogP contribution in [0.4, 0.5) is 0 Å². The molecule has 1 rings (SSSR count). The largest absolute Gasteiger partial charge is 0.379 e. The Hall–Kier alpha value is -0.240. The van der Waals surface area contributed by atoms with E-state index in [-0.39, 0.29) is 0 Å². The second kappa shape index (κ2) is 13.2. The van der Waals surface area contributed by atoms with Gasteiger partial charge in [-0.3, -0.25) is 0 Å². The van der Waals surface area contributed by atoms with E-state index in [1.54, 1.807) is 0 Å². The van der Waals surface area contributed by atoms with Crippen molar-refractivity contribution in [2.45, 2.75) is 0 Å². The predicted octanol–water partition coefficient (Wildman–Crippen LogP) is -2.04. The predicted molar refractivity (Wildman–Crippen MR) is 75.2 cm³/mol. The molecule has 0 bridgehead atoms. The smallest absolute Gasteiger partial charge is 0.0591 e. The van der Waals surface area contributed by atoms with Crippen LogP contribution < -0.4 is 26.6 Å². The minimum absolute atomic E-state index is 0.793. The van der Waals surface area contributed by atoms with Crippen LogP contribution in [0.5, 0.6) is 0 Å². The van der Waals surface area contributed by atoms with Gasteiger partial charge in [-0.1, -0.05) is 0 Å². The first-order chi connectivity index (χ1) is 9.00. The molecule has 0 saturated carbocycles. The molecule has 6 heteroatoms. The van der Waals surface area contributed by atoms with Gasteiger partial charge in [0.25, 0.3) is 0 Å². The first kappa shape index (κ1) is 15.8. The fourth-order valence-corrected chi connectivity index (χ4v) is 1.72. The molecule has 6 nitrogen and oxygen atoms in total. The topological polar surface area (TPSA) is 69.4 Å². The van der Waals surface area contributed by atoms with Gasteiger partial charge in [0.15, 0.2) is 0 Å². The molecule has 1 aliphatic heterocycles. The lowest BCUT2D eigenvalue weighted by atomic mass is 10.5. The minimum atomic E-state index is 0.793.